The number of halogens is 3. The van der Waals surface area contributed by atoms with Gasteiger partial charge in [-0.2, -0.15) is 0 Å². The Labute approximate surface area is 434 Å². The van der Waals surface area contributed by atoms with Crippen molar-refractivity contribution in [3.63, 3.8) is 0 Å². The highest BCUT2D eigenvalue weighted by Crippen LogP contribution is 2.33. The molecular weight excluding hydrogens is 1020 g/mol. The minimum atomic E-state index is -0.477. The third kappa shape index (κ3) is 18.3. The molecule has 0 spiro atoms. The van der Waals surface area contributed by atoms with Crippen LogP contribution in [-0.4, -0.2) is 126 Å². The van der Waals surface area contributed by atoms with E-state index < -0.39 is 11.2 Å². The minimum Gasteiger partial charge on any atom is -0.474 e. The molecule has 18 nitrogen and oxygen atoms in total. The summed E-state index contributed by atoms with van der Waals surface area (Å²) in [5.41, 5.74) is 12.6. The number of anilines is 2. The minimum absolute atomic E-state index is 0.0763. The number of nitrogen functional groups attached to an aromatic ring is 2. The van der Waals surface area contributed by atoms with Gasteiger partial charge in [0.1, 0.15) is 23.4 Å². The zero-order chi connectivity index (χ0) is 51.3. The molecule has 0 atom stereocenters. The fraction of sp³-hybridized carbons (Fsp3) is 0.520. The number of pyridine rings is 2. The first-order valence-electron chi connectivity index (χ1n) is 23.7. The second-order valence-corrected chi connectivity index (χ2v) is 21.3. The summed E-state index contributed by atoms with van der Waals surface area (Å²) in [5, 5.41) is 15.2. The average molecular weight is 1080 g/mol. The lowest BCUT2D eigenvalue weighted by molar-refractivity contribution is -0.111. The molecule has 2 saturated heterocycles. The van der Waals surface area contributed by atoms with Crippen LogP contribution in [0.25, 0.3) is 18.2 Å². The maximum atomic E-state index is 12.2. The highest BCUT2D eigenvalue weighted by atomic mass is 79.9. The van der Waals surface area contributed by atoms with Crippen LogP contribution in [-0.2, 0) is 18.9 Å². The van der Waals surface area contributed by atoms with Gasteiger partial charge in [-0.15, -0.1) is 20.4 Å². The molecule has 2 aliphatic heterocycles. The van der Waals surface area contributed by atoms with Crippen LogP contribution in [0.2, 0.25) is 10.3 Å². The van der Waals surface area contributed by atoms with Crippen molar-refractivity contribution in [1.29, 1.82) is 0 Å². The quantitative estimate of drug-likeness (QED) is 0.142. The molecule has 21 heteroatoms. The molecule has 384 valence electrons. The molecule has 2 aliphatic carbocycles. The summed E-state index contributed by atoms with van der Waals surface area (Å²) in [5.74, 6) is 1.88. The summed E-state index contributed by atoms with van der Waals surface area (Å²) in [6.07, 6.45) is 16.1. The van der Waals surface area contributed by atoms with Gasteiger partial charge < -0.3 is 49.7 Å². The van der Waals surface area contributed by atoms with Crippen molar-refractivity contribution in [1.82, 2.24) is 40.2 Å². The van der Waals surface area contributed by atoms with Gasteiger partial charge in [0.05, 0.1) is 24.4 Å². The summed E-state index contributed by atoms with van der Waals surface area (Å²) in [4.78, 5) is 36.4. The molecule has 0 radical (unpaired) electrons. The van der Waals surface area contributed by atoms with Crippen molar-refractivity contribution in [3.05, 3.63) is 86.8 Å². The summed E-state index contributed by atoms with van der Waals surface area (Å²) in [6.45, 7) is 17.5. The van der Waals surface area contributed by atoms with Crippen LogP contribution < -0.4 is 20.9 Å². The molecule has 0 aromatic carbocycles. The van der Waals surface area contributed by atoms with E-state index in [1.165, 1.54) is 0 Å². The second-order valence-electron chi connectivity index (χ2n) is 19.6. The lowest BCUT2D eigenvalue weighted by atomic mass is 9.91. The third-order valence-corrected chi connectivity index (χ3v) is 12.3. The number of hydrogen-bond donors (Lipinski definition) is 2. The first-order valence-corrected chi connectivity index (χ1v) is 25.3. The van der Waals surface area contributed by atoms with E-state index in [1.807, 2.05) is 78.0 Å². The van der Waals surface area contributed by atoms with Crippen LogP contribution in [0.4, 0.5) is 21.2 Å². The number of hydrogen-bond acceptors (Lipinski definition) is 16. The van der Waals surface area contributed by atoms with Crippen molar-refractivity contribution in [2.24, 2.45) is 0 Å². The lowest BCUT2D eigenvalue weighted by Crippen LogP contribution is -2.46. The van der Waals surface area contributed by atoms with Gasteiger partial charge in [-0.3, -0.25) is 0 Å². The van der Waals surface area contributed by atoms with Gasteiger partial charge in [-0.1, -0.05) is 63.9 Å². The monoisotopic (exact) mass is 1080 g/mol. The van der Waals surface area contributed by atoms with Gasteiger partial charge in [0.15, 0.2) is 21.9 Å². The number of likely N-dealkylation sites (tertiary alicyclic amines) is 2. The Morgan fingerprint density at radius 2 is 1.07 bits per heavy atom. The van der Waals surface area contributed by atoms with Gasteiger partial charge in [0, 0.05) is 92.0 Å². The van der Waals surface area contributed by atoms with Crippen molar-refractivity contribution < 1.29 is 38.0 Å². The molecule has 8 rings (SSSR count). The Kier molecular flexibility index (Phi) is 19.6. The van der Waals surface area contributed by atoms with Gasteiger partial charge in [0.2, 0.25) is 11.8 Å². The molecule has 71 heavy (non-hydrogen) atoms. The van der Waals surface area contributed by atoms with Crippen LogP contribution in [0.5, 0.6) is 11.8 Å². The van der Waals surface area contributed by atoms with Crippen LogP contribution in [0.1, 0.15) is 110 Å². The first kappa shape index (κ1) is 55.0. The number of carbonyl (C=O) groups is 2. The largest absolute Gasteiger partial charge is 0.474 e. The zero-order valence-electron chi connectivity index (χ0n) is 41.1. The topological polar surface area (TPSA) is 225 Å². The molecular formula is C50H65BrCl2N10O8. The number of nitrogens with zero attached hydrogens (tertiary/aromatic N) is 8. The van der Waals surface area contributed by atoms with Crippen molar-refractivity contribution in [3.8, 4) is 11.8 Å². The summed E-state index contributed by atoms with van der Waals surface area (Å²) in [7, 11) is 0. The molecule has 4 N–H and O–H groups in total. The molecule has 0 bridgehead atoms. The highest BCUT2D eigenvalue weighted by molar-refractivity contribution is 9.10. The van der Waals surface area contributed by atoms with E-state index in [1.54, 1.807) is 40.4 Å². The van der Waals surface area contributed by atoms with Crippen LogP contribution in [0.3, 0.4) is 0 Å². The summed E-state index contributed by atoms with van der Waals surface area (Å²) in [6, 6.07) is 10.8. The van der Waals surface area contributed by atoms with Crippen LogP contribution in [0.15, 0.2) is 59.8 Å². The van der Waals surface area contributed by atoms with E-state index in [0.717, 1.165) is 61.4 Å². The molecule has 4 aliphatic rings. The molecule has 0 unspecified atom stereocenters. The Hall–Kier alpha value is -5.34. The maximum absolute atomic E-state index is 12.2. The molecule has 2 amide bonds. The fourth-order valence-electron chi connectivity index (χ4n) is 7.64. The number of ether oxygens (including phenoxy) is 6. The van der Waals surface area contributed by atoms with Crippen LogP contribution in [0, 0.1) is 0 Å². The van der Waals surface area contributed by atoms with Crippen molar-refractivity contribution in [2.75, 3.05) is 37.6 Å². The summed E-state index contributed by atoms with van der Waals surface area (Å²) < 4.78 is 36.1. The first-order chi connectivity index (χ1) is 33.7. The normalized spacial score (nSPS) is 20.5. The Morgan fingerprint density at radius 1 is 0.634 bits per heavy atom. The van der Waals surface area contributed by atoms with Gasteiger partial charge in [-0.25, -0.2) is 19.6 Å². The van der Waals surface area contributed by atoms with E-state index in [4.69, 9.17) is 63.1 Å². The number of aromatic nitrogens is 6. The second kappa shape index (κ2) is 25.4. The van der Waals surface area contributed by atoms with Gasteiger partial charge >= 0.3 is 12.2 Å². The molecule has 4 aromatic rings. The van der Waals surface area contributed by atoms with Crippen LogP contribution >= 0.6 is 39.1 Å². The Morgan fingerprint density at radius 3 is 1.51 bits per heavy atom. The molecule has 4 aromatic heterocycles. The fourth-order valence-corrected chi connectivity index (χ4v) is 8.27. The van der Waals surface area contributed by atoms with Crippen molar-refractivity contribution >= 4 is 81.2 Å². The van der Waals surface area contributed by atoms with E-state index in [-0.39, 0.29) is 54.0 Å². The smallest absolute Gasteiger partial charge is 0.410 e. The molecule has 6 heterocycles. The van der Waals surface area contributed by atoms with E-state index in [9.17, 15) is 9.59 Å². The van der Waals surface area contributed by atoms with E-state index in [0.29, 0.717) is 65.9 Å². The number of amides is 2. The van der Waals surface area contributed by atoms with E-state index in [2.05, 4.69) is 52.9 Å². The number of nitrogens with two attached hydrogens (primary N) is 2. The lowest BCUT2D eigenvalue weighted by Gasteiger charge is -2.39. The van der Waals surface area contributed by atoms with Crippen molar-refractivity contribution in [2.45, 2.75) is 141 Å². The number of piperidine rings is 2. The standard InChI is InChI=1S/C25H32ClN5O4.C19H27BrN2O4.C6H6ClN3/c1-25(2,3)35-24(32)31-10-7-18(8-11-31)33-19-14-20(15-19)34-22-12-16(6-9-28-22)4-5-17-13-21(26)29-30-23(17)27;1-19(2,3)26-18(23)22-8-5-14(6-9-22)24-15-11-16(12-15)25-17-10-13(20)4-7-21-17;1-2-4-3-5(7)9-10-6(4)8/h4-6,9,12-13,18-20H,7-8,10-11,14-15H2,1-3H3,(H2,27,30);4,7,10,14-16H,5-6,8-9,11-12H2,1-3H3;2-3H,1H2,(H2,8,10)/b5-4+;;. The summed E-state index contributed by atoms with van der Waals surface area (Å²) >= 11 is 14.8. The van der Waals surface area contributed by atoms with E-state index >= 15 is 0 Å². The zero-order valence-corrected chi connectivity index (χ0v) is 44.2. The predicted molar refractivity (Wildman–Crippen MR) is 277 cm³/mol. The number of rotatable bonds is 11. The molecule has 2 saturated carbocycles. The van der Waals surface area contributed by atoms with Gasteiger partial charge in [-0.05, 0) is 97.1 Å². The SMILES string of the molecule is C=Cc1cc(Cl)nnc1N.CC(C)(C)OC(=O)N1CCC(OC2CC(Oc3cc(/C=C/c4cc(Cl)nnc4N)ccn3)C2)CC1.CC(C)(C)OC(=O)N1CCC(OC2CC(Oc3cc(Br)ccn3)C2)CC1. The maximum Gasteiger partial charge on any atom is 0.410 e. The molecule has 4 fully saturated rings. The third-order valence-electron chi connectivity index (χ3n) is 11.4. The van der Waals surface area contributed by atoms with Gasteiger partial charge in [0.25, 0.3) is 0 Å². The Bertz CT molecular complexity index is 2430. The Balaban J connectivity index is 0.000000200. The number of carbonyl (C=O) groups excluding carboxylic acids is 2. The predicted octanol–water partition coefficient (Wildman–Crippen LogP) is 10.1. The highest BCUT2D eigenvalue weighted by Gasteiger charge is 2.37. The average Bonchev–Trinajstić information content (AvgIpc) is 3.28.